The van der Waals surface area contributed by atoms with Gasteiger partial charge in [-0.3, -0.25) is 9.59 Å². The molecule has 0 atom stereocenters. The summed E-state index contributed by atoms with van der Waals surface area (Å²) < 4.78 is 10.9. The minimum Gasteiger partial charge on any atom is -0.465 e. The Hall–Kier alpha value is -1.32. The molecule has 0 aromatic heterocycles. The third-order valence-corrected chi connectivity index (χ3v) is 5.81. The van der Waals surface area contributed by atoms with Gasteiger partial charge in [-0.15, -0.1) is 0 Å². The second kappa shape index (κ2) is 20.6. The molecule has 0 bridgehead atoms. The van der Waals surface area contributed by atoms with Gasteiger partial charge < -0.3 is 9.47 Å². The molecule has 0 amide bonds. The molecule has 0 aliphatic carbocycles. The monoisotopic (exact) mass is 438 g/mol. The summed E-state index contributed by atoms with van der Waals surface area (Å²) in [6.45, 7) is 8.58. The molecular weight excluding hydrogens is 388 g/mol. The molecule has 0 saturated carbocycles. The second-order valence-electron chi connectivity index (χ2n) is 8.92. The zero-order valence-corrected chi connectivity index (χ0v) is 21.0. The summed E-state index contributed by atoms with van der Waals surface area (Å²) in [6, 6.07) is 0. The SMILES string of the molecule is CC=CC(C)(C(=O)OCCCCCCCCCC)C(=O)OCCCCCCCCCC. The maximum Gasteiger partial charge on any atom is 0.327 e. The minimum absolute atomic E-state index is 0.367. The van der Waals surface area contributed by atoms with Crippen LogP contribution in [0.1, 0.15) is 130 Å². The molecule has 0 aliphatic heterocycles. The number of esters is 2. The fourth-order valence-electron chi connectivity index (χ4n) is 3.65. The van der Waals surface area contributed by atoms with E-state index in [1.807, 2.05) is 0 Å². The van der Waals surface area contributed by atoms with Crippen molar-refractivity contribution in [2.24, 2.45) is 5.41 Å². The number of allylic oxidation sites excluding steroid dienone is 1. The molecule has 4 heteroatoms. The van der Waals surface area contributed by atoms with Crippen LogP contribution in [-0.4, -0.2) is 25.2 Å². The predicted molar refractivity (Wildman–Crippen MR) is 130 cm³/mol. The zero-order chi connectivity index (χ0) is 23.2. The quantitative estimate of drug-likeness (QED) is 0.0790. The lowest BCUT2D eigenvalue weighted by atomic mass is 9.90. The fourth-order valence-corrected chi connectivity index (χ4v) is 3.65. The lowest BCUT2D eigenvalue weighted by molar-refractivity contribution is -0.167. The second-order valence-corrected chi connectivity index (χ2v) is 8.92. The molecule has 0 aliphatic rings. The van der Waals surface area contributed by atoms with E-state index in [-0.39, 0.29) is 0 Å². The Balaban J connectivity index is 4.07. The topological polar surface area (TPSA) is 52.6 Å². The van der Waals surface area contributed by atoms with Gasteiger partial charge in [0.2, 0.25) is 0 Å². The first kappa shape index (κ1) is 29.7. The molecule has 0 N–H and O–H groups in total. The van der Waals surface area contributed by atoms with Crippen LogP contribution >= 0.6 is 0 Å². The highest BCUT2D eigenvalue weighted by atomic mass is 16.6. The van der Waals surface area contributed by atoms with Crippen molar-refractivity contribution in [1.29, 1.82) is 0 Å². The first-order valence-electron chi connectivity index (χ1n) is 13.0. The molecule has 0 aromatic rings. The summed E-state index contributed by atoms with van der Waals surface area (Å²) in [5.41, 5.74) is -1.35. The van der Waals surface area contributed by atoms with E-state index >= 15 is 0 Å². The van der Waals surface area contributed by atoms with E-state index < -0.39 is 17.4 Å². The molecule has 0 saturated heterocycles. The maximum absolute atomic E-state index is 12.6. The van der Waals surface area contributed by atoms with Crippen molar-refractivity contribution in [2.45, 2.75) is 130 Å². The smallest absolute Gasteiger partial charge is 0.327 e. The molecule has 0 rings (SSSR count). The van der Waals surface area contributed by atoms with Crippen LogP contribution in [0.15, 0.2) is 12.2 Å². The Bertz CT molecular complexity index is 436. The third-order valence-electron chi connectivity index (χ3n) is 5.81. The van der Waals surface area contributed by atoms with Crippen molar-refractivity contribution >= 4 is 11.9 Å². The van der Waals surface area contributed by atoms with E-state index in [1.165, 1.54) is 77.0 Å². The molecule has 0 fully saturated rings. The number of rotatable bonds is 21. The highest BCUT2D eigenvalue weighted by Gasteiger charge is 2.41. The lowest BCUT2D eigenvalue weighted by Crippen LogP contribution is -2.38. The molecule has 0 aromatic carbocycles. The van der Waals surface area contributed by atoms with Crippen LogP contribution in [-0.2, 0) is 19.1 Å². The molecule has 31 heavy (non-hydrogen) atoms. The predicted octanol–water partition coefficient (Wildman–Crippen LogP) is 7.94. The summed E-state index contributed by atoms with van der Waals surface area (Å²) in [5.74, 6) is -1.01. The van der Waals surface area contributed by atoms with Crippen LogP contribution in [0.2, 0.25) is 0 Å². The van der Waals surface area contributed by atoms with E-state index in [1.54, 1.807) is 26.0 Å². The summed E-state index contributed by atoms with van der Waals surface area (Å²) in [4.78, 5) is 25.2. The van der Waals surface area contributed by atoms with Crippen LogP contribution in [0, 0.1) is 5.41 Å². The van der Waals surface area contributed by atoms with Gasteiger partial charge in [0.25, 0.3) is 0 Å². The van der Waals surface area contributed by atoms with Gasteiger partial charge in [0.15, 0.2) is 5.41 Å². The third kappa shape index (κ3) is 15.2. The molecule has 182 valence electrons. The van der Waals surface area contributed by atoms with E-state index in [9.17, 15) is 9.59 Å². The Labute approximate surface area is 192 Å². The number of hydrogen-bond donors (Lipinski definition) is 0. The van der Waals surface area contributed by atoms with Gasteiger partial charge in [-0.1, -0.05) is 116 Å². The first-order valence-corrected chi connectivity index (χ1v) is 13.0. The number of hydrogen-bond acceptors (Lipinski definition) is 4. The first-order chi connectivity index (χ1) is 15.0. The van der Waals surface area contributed by atoms with Gasteiger partial charge in [-0.2, -0.15) is 0 Å². The van der Waals surface area contributed by atoms with Crippen molar-refractivity contribution in [1.82, 2.24) is 0 Å². The van der Waals surface area contributed by atoms with Crippen LogP contribution in [0.3, 0.4) is 0 Å². The summed E-state index contributed by atoms with van der Waals surface area (Å²) in [5, 5.41) is 0. The van der Waals surface area contributed by atoms with Gasteiger partial charge in [0, 0.05) is 0 Å². The van der Waals surface area contributed by atoms with Crippen LogP contribution in [0.5, 0.6) is 0 Å². The Morgan fingerprint density at radius 3 is 1.26 bits per heavy atom. The zero-order valence-electron chi connectivity index (χ0n) is 21.0. The number of ether oxygens (including phenoxy) is 2. The van der Waals surface area contributed by atoms with Crippen LogP contribution in [0.25, 0.3) is 0 Å². The van der Waals surface area contributed by atoms with Gasteiger partial charge in [0.05, 0.1) is 13.2 Å². The van der Waals surface area contributed by atoms with E-state index in [4.69, 9.17) is 9.47 Å². The van der Waals surface area contributed by atoms with Crippen molar-refractivity contribution < 1.29 is 19.1 Å². The minimum atomic E-state index is -1.35. The van der Waals surface area contributed by atoms with E-state index in [0.717, 1.165) is 25.7 Å². The van der Waals surface area contributed by atoms with Gasteiger partial charge in [0.1, 0.15) is 0 Å². The summed E-state index contributed by atoms with van der Waals surface area (Å²) in [6.07, 6.45) is 22.3. The number of carbonyl (C=O) groups excluding carboxylic acids is 2. The maximum atomic E-state index is 12.6. The highest BCUT2D eigenvalue weighted by molar-refractivity contribution is 6.01. The molecule has 0 unspecified atom stereocenters. The normalized spacial score (nSPS) is 11.7. The Morgan fingerprint density at radius 2 is 0.935 bits per heavy atom. The number of carbonyl (C=O) groups is 2. The van der Waals surface area contributed by atoms with Crippen molar-refractivity contribution in [3.63, 3.8) is 0 Å². The largest absolute Gasteiger partial charge is 0.465 e. The highest BCUT2D eigenvalue weighted by Crippen LogP contribution is 2.24. The van der Waals surface area contributed by atoms with Crippen molar-refractivity contribution in [2.75, 3.05) is 13.2 Å². The average molecular weight is 439 g/mol. The standard InChI is InChI=1S/C27H50O4/c1-5-8-10-12-14-16-18-20-23-30-25(28)27(4,22-7-3)26(29)31-24-21-19-17-15-13-11-9-6-2/h7,22H,5-6,8-21,23-24H2,1-4H3. The Kier molecular flexibility index (Phi) is 19.7. The van der Waals surface area contributed by atoms with Crippen molar-refractivity contribution in [3.8, 4) is 0 Å². The molecule has 4 nitrogen and oxygen atoms in total. The fraction of sp³-hybridized carbons (Fsp3) is 0.852. The molecule has 0 heterocycles. The van der Waals surface area contributed by atoms with E-state index in [2.05, 4.69) is 13.8 Å². The summed E-state index contributed by atoms with van der Waals surface area (Å²) in [7, 11) is 0. The van der Waals surface area contributed by atoms with Crippen molar-refractivity contribution in [3.05, 3.63) is 12.2 Å². The van der Waals surface area contributed by atoms with Gasteiger partial charge in [-0.05, 0) is 26.7 Å². The number of unbranched alkanes of at least 4 members (excludes halogenated alkanes) is 14. The van der Waals surface area contributed by atoms with Gasteiger partial charge >= 0.3 is 11.9 Å². The summed E-state index contributed by atoms with van der Waals surface area (Å²) >= 11 is 0. The van der Waals surface area contributed by atoms with Crippen LogP contribution in [0.4, 0.5) is 0 Å². The molecule has 0 spiro atoms. The average Bonchev–Trinajstić information content (AvgIpc) is 2.76. The molecule has 0 radical (unpaired) electrons. The molecular formula is C27H50O4. The lowest BCUT2D eigenvalue weighted by Gasteiger charge is -2.22. The Morgan fingerprint density at radius 1 is 0.613 bits per heavy atom. The van der Waals surface area contributed by atoms with E-state index in [0.29, 0.717) is 13.2 Å². The van der Waals surface area contributed by atoms with Crippen LogP contribution < -0.4 is 0 Å². The van der Waals surface area contributed by atoms with Gasteiger partial charge in [-0.25, -0.2) is 0 Å².